The third kappa shape index (κ3) is 2.27. The molecule has 0 aliphatic carbocycles. The molecule has 1 aromatic carbocycles. The van der Waals surface area contributed by atoms with Crippen LogP contribution in [0.1, 0.15) is 30.0 Å². The highest BCUT2D eigenvalue weighted by molar-refractivity contribution is 5.77. The van der Waals surface area contributed by atoms with Gasteiger partial charge in [0.25, 0.3) is 0 Å². The van der Waals surface area contributed by atoms with Crippen LogP contribution in [0.25, 0.3) is 0 Å². The summed E-state index contributed by atoms with van der Waals surface area (Å²) in [4.78, 5) is 11.3. The third-order valence-corrected chi connectivity index (χ3v) is 2.92. The highest BCUT2D eigenvalue weighted by Gasteiger charge is 2.27. The van der Waals surface area contributed by atoms with Crippen LogP contribution in [0.2, 0.25) is 0 Å². The Morgan fingerprint density at radius 1 is 1.53 bits per heavy atom. The zero-order chi connectivity index (χ0) is 12.4. The minimum Gasteiger partial charge on any atom is -0.348 e. The topological polar surface area (TPSA) is 78.9 Å². The summed E-state index contributed by atoms with van der Waals surface area (Å²) in [6.07, 6.45) is 1.000. The van der Waals surface area contributed by atoms with E-state index in [1.54, 1.807) is 12.1 Å². The minimum atomic E-state index is -0.563. The average Bonchev–Trinajstić information content (AvgIpc) is 2.33. The Balaban J connectivity index is 2.33. The Bertz CT molecular complexity index is 495. The molecule has 0 aromatic heterocycles. The van der Waals surface area contributed by atoms with Gasteiger partial charge in [0.05, 0.1) is 11.6 Å². The molecule has 0 saturated carbocycles. The number of hydrogen-bond acceptors (Lipinski definition) is 3. The van der Waals surface area contributed by atoms with Crippen molar-refractivity contribution >= 4 is 5.91 Å². The standard InChI is InChI=1S/C12H12FN3O/c13-9-2-1-7(5-8(9)6-14)12-10(15)3-4-11(17)16-12/h1-2,5,10,12H,3-4,15H2,(H,16,17). The quantitative estimate of drug-likeness (QED) is 0.758. The number of rotatable bonds is 1. The molecule has 1 aliphatic rings. The van der Waals surface area contributed by atoms with Crippen LogP contribution in [-0.2, 0) is 4.79 Å². The lowest BCUT2D eigenvalue weighted by atomic mass is 9.92. The van der Waals surface area contributed by atoms with Crippen molar-refractivity contribution in [2.24, 2.45) is 5.73 Å². The maximum Gasteiger partial charge on any atom is 0.220 e. The first-order valence-corrected chi connectivity index (χ1v) is 5.36. The number of nitrogens with two attached hydrogens (primary N) is 1. The third-order valence-electron chi connectivity index (χ3n) is 2.92. The Morgan fingerprint density at radius 3 is 3.00 bits per heavy atom. The van der Waals surface area contributed by atoms with Gasteiger partial charge in [-0.25, -0.2) is 4.39 Å². The monoisotopic (exact) mass is 233 g/mol. The average molecular weight is 233 g/mol. The second-order valence-corrected chi connectivity index (χ2v) is 4.10. The molecule has 0 spiro atoms. The largest absolute Gasteiger partial charge is 0.348 e. The fourth-order valence-electron chi connectivity index (χ4n) is 1.97. The predicted molar refractivity (Wildman–Crippen MR) is 59.2 cm³/mol. The number of nitrogens with zero attached hydrogens (tertiary/aromatic N) is 1. The minimum absolute atomic E-state index is 0.0328. The second-order valence-electron chi connectivity index (χ2n) is 4.10. The Hall–Kier alpha value is -1.93. The SMILES string of the molecule is N#Cc1cc(C2NC(=O)CCC2N)ccc1F. The van der Waals surface area contributed by atoms with Crippen molar-refractivity contribution < 1.29 is 9.18 Å². The molecule has 1 fully saturated rings. The van der Waals surface area contributed by atoms with Gasteiger partial charge >= 0.3 is 0 Å². The van der Waals surface area contributed by atoms with Gasteiger partial charge in [-0.3, -0.25) is 4.79 Å². The van der Waals surface area contributed by atoms with Crippen molar-refractivity contribution in [2.45, 2.75) is 24.9 Å². The molecule has 2 atom stereocenters. The Labute approximate surface area is 98.2 Å². The number of carbonyl (C=O) groups is 1. The van der Waals surface area contributed by atoms with E-state index in [1.807, 2.05) is 0 Å². The van der Waals surface area contributed by atoms with Crippen molar-refractivity contribution in [1.82, 2.24) is 5.32 Å². The zero-order valence-corrected chi connectivity index (χ0v) is 9.11. The van der Waals surface area contributed by atoms with Crippen LogP contribution in [0.15, 0.2) is 18.2 Å². The van der Waals surface area contributed by atoms with E-state index in [0.717, 1.165) is 0 Å². The Morgan fingerprint density at radius 2 is 2.29 bits per heavy atom. The molecule has 1 saturated heterocycles. The molecule has 0 radical (unpaired) electrons. The molecule has 4 nitrogen and oxygen atoms in total. The smallest absolute Gasteiger partial charge is 0.220 e. The Kier molecular flexibility index (Phi) is 3.07. The van der Waals surface area contributed by atoms with Crippen LogP contribution in [0.4, 0.5) is 4.39 Å². The van der Waals surface area contributed by atoms with E-state index in [9.17, 15) is 9.18 Å². The number of halogens is 1. The number of nitrogens with one attached hydrogen (secondary N) is 1. The normalized spacial score (nSPS) is 23.9. The summed E-state index contributed by atoms with van der Waals surface area (Å²) >= 11 is 0. The van der Waals surface area contributed by atoms with Crippen molar-refractivity contribution in [3.8, 4) is 6.07 Å². The van der Waals surface area contributed by atoms with E-state index in [2.05, 4.69) is 5.32 Å². The number of amides is 1. The highest BCUT2D eigenvalue weighted by Crippen LogP contribution is 2.24. The predicted octanol–water partition coefficient (Wildman–Crippen LogP) is 0.976. The summed E-state index contributed by atoms with van der Waals surface area (Å²) in [5.74, 6) is -0.633. The highest BCUT2D eigenvalue weighted by atomic mass is 19.1. The van der Waals surface area contributed by atoms with Crippen molar-refractivity contribution in [3.63, 3.8) is 0 Å². The molecule has 2 unspecified atom stereocenters. The van der Waals surface area contributed by atoms with Crippen LogP contribution < -0.4 is 11.1 Å². The molecule has 1 amide bonds. The van der Waals surface area contributed by atoms with Crippen LogP contribution >= 0.6 is 0 Å². The fraction of sp³-hybridized carbons (Fsp3) is 0.333. The molecule has 3 N–H and O–H groups in total. The maximum absolute atomic E-state index is 13.2. The lowest BCUT2D eigenvalue weighted by molar-refractivity contribution is -0.123. The first kappa shape index (κ1) is 11.6. The van der Waals surface area contributed by atoms with E-state index in [-0.39, 0.29) is 23.6 Å². The van der Waals surface area contributed by atoms with Crippen LogP contribution in [0.5, 0.6) is 0 Å². The fourth-order valence-corrected chi connectivity index (χ4v) is 1.97. The number of piperidine rings is 1. The summed E-state index contributed by atoms with van der Waals surface area (Å²) in [6, 6.07) is 5.43. The van der Waals surface area contributed by atoms with Gasteiger partial charge in [0.2, 0.25) is 5.91 Å². The second kappa shape index (κ2) is 4.52. The molecule has 1 heterocycles. The first-order valence-electron chi connectivity index (χ1n) is 5.36. The van der Waals surface area contributed by atoms with E-state index in [4.69, 9.17) is 11.0 Å². The van der Waals surface area contributed by atoms with E-state index < -0.39 is 5.82 Å². The van der Waals surface area contributed by atoms with Crippen molar-refractivity contribution in [3.05, 3.63) is 35.1 Å². The molecule has 1 aliphatic heterocycles. The summed E-state index contributed by atoms with van der Waals surface area (Å²) in [7, 11) is 0. The number of benzene rings is 1. The molecular formula is C12H12FN3O. The van der Waals surface area contributed by atoms with Crippen LogP contribution in [0.3, 0.4) is 0 Å². The van der Waals surface area contributed by atoms with Gasteiger partial charge in [-0.1, -0.05) is 6.07 Å². The van der Waals surface area contributed by atoms with E-state index >= 15 is 0 Å². The number of carbonyl (C=O) groups excluding carboxylic acids is 1. The molecular weight excluding hydrogens is 221 g/mol. The van der Waals surface area contributed by atoms with Crippen molar-refractivity contribution in [2.75, 3.05) is 0 Å². The van der Waals surface area contributed by atoms with Gasteiger partial charge in [0.1, 0.15) is 11.9 Å². The van der Waals surface area contributed by atoms with Gasteiger partial charge in [-0.05, 0) is 24.1 Å². The summed E-state index contributed by atoms with van der Waals surface area (Å²) < 4.78 is 13.2. The molecule has 0 bridgehead atoms. The summed E-state index contributed by atoms with van der Waals surface area (Å²) in [5, 5.41) is 11.5. The molecule has 17 heavy (non-hydrogen) atoms. The molecule has 5 heteroatoms. The summed E-state index contributed by atoms with van der Waals surface area (Å²) in [5.41, 5.74) is 6.55. The summed E-state index contributed by atoms with van der Waals surface area (Å²) in [6.45, 7) is 0. The maximum atomic E-state index is 13.2. The number of nitriles is 1. The first-order chi connectivity index (χ1) is 8.11. The number of hydrogen-bond donors (Lipinski definition) is 2. The van der Waals surface area contributed by atoms with Crippen LogP contribution in [0, 0.1) is 17.1 Å². The van der Waals surface area contributed by atoms with Gasteiger partial charge in [-0.2, -0.15) is 5.26 Å². The molecule has 2 rings (SSSR count). The lowest BCUT2D eigenvalue weighted by Crippen LogP contribution is -2.45. The van der Waals surface area contributed by atoms with E-state index in [0.29, 0.717) is 18.4 Å². The zero-order valence-electron chi connectivity index (χ0n) is 9.11. The van der Waals surface area contributed by atoms with Crippen molar-refractivity contribution in [1.29, 1.82) is 5.26 Å². The van der Waals surface area contributed by atoms with Gasteiger partial charge in [-0.15, -0.1) is 0 Å². The van der Waals surface area contributed by atoms with Gasteiger partial charge in [0, 0.05) is 12.5 Å². The van der Waals surface area contributed by atoms with Gasteiger partial charge < -0.3 is 11.1 Å². The van der Waals surface area contributed by atoms with E-state index in [1.165, 1.54) is 12.1 Å². The van der Waals surface area contributed by atoms with Gasteiger partial charge in [0.15, 0.2) is 0 Å². The molecule has 88 valence electrons. The lowest BCUT2D eigenvalue weighted by Gasteiger charge is -2.29. The van der Waals surface area contributed by atoms with Crippen LogP contribution in [-0.4, -0.2) is 11.9 Å². The molecule has 1 aromatic rings.